The number of aromatic amines is 1. The van der Waals surface area contributed by atoms with Crippen molar-refractivity contribution in [1.82, 2.24) is 30.0 Å². The van der Waals surface area contributed by atoms with Gasteiger partial charge in [0, 0.05) is 60.3 Å². The summed E-state index contributed by atoms with van der Waals surface area (Å²) in [4.78, 5) is 16.2. The SMILES string of the molecule is N#CCCN1C2CCC1CC(Nc1nc(Nc3n[nH]c4cnccc34)cc3ncccc13)C2. The number of H-pyrrole nitrogens is 1. The second-order valence-corrected chi connectivity index (χ2v) is 8.89. The molecule has 2 aliphatic heterocycles. The van der Waals surface area contributed by atoms with Crippen LogP contribution in [0.1, 0.15) is 32.1 Å². The van der Waals surface area contributed by atoms with Gasteiger partial charge < -0.3 is 10.6 Å². The molecule has 9 heteroatoms. The zero-order valence-electron chi connectivity index (χ0n) is 18.2. The van der Waals surface area contributed by atoms with Crippen molar-refractivity contribution in [3.63, 3.8) is 0 Å². The summed E-state index contributed by atoms with van der Waals surface area (Å²) in [6.45, 7) is 0.885. The smallest absolute Gasteiger partial charge is 0.161 e. The maximum Gasteiger partial charge on any atom is 0.161 e. The third-order valence-electron chi connectivity index (χ3n) is 6.92. The molecule has 9 nitrogen and oxygen atoms in total. The number of pyridine rings is 3. The Bertz CT molecular complexity index is 1330. The summed E-state index contributed by atoms with van der Waals surface area (Å²) in [5, 5.41) is 25.5. The predicted octanol–water partition coefficient (Wildman–Crippen LogP) is 3.97. The van der Waals surface area contributed by atoms with Gasteiger partial charge in [0.25, 0.3) is 0 Å². The molecule has 3 N–H and O–H groups in total. The molecule has 0 radical (unpaired) electrons. The minimum atomic E-state index is 0.351. The molecule has 166 valence electrons. The van der Waals surface area contributed by atoms with Gasteiger partial charge in [-0.1, -0.05) is 0 Å². The van der Waals surface area contributed by atoms with Crippen LogP contribution in [0.5, 0.6) is 0 Å². The lowest BCUT2D eigenvalue weighted by atomic mass is 9.97. The Morgan fingerprint density at radius 3 is 2.85 bits per heavy atom. The van der Waals surface area contributed by atoms with Crippen LogP contribution in [0.2, 0.25) is 0 Å². The largest absolute Gasteiger partial charge is 0.367 e. The fourth-order valence-corrected chi connectivity index (χ4v) is 5.46. The van der Waals surface area contributed by atoms with Gasteiger partial charge in [-0.15, -0.1) is 0 Å². The van der Waals surface area contributed by atoms with E-state index in [0.29, 0.717) is 36.2 Å². The van der Waals surface area contributed by atoms with Crippen LogP contribution in [0.25, 0.3) is 21.8 Å². The van der Waals surface area contributed by atoms with E-state index in [-0.39, 0.29) is 0 Å². The lowest BCUT2D eigenvalue weighted by Gasteiger charge is -2.39. The normalized spacial score (nSPS) is 22.5. The van der Waals surface area contributed by atoms with Gasteiger partial charge in [0.2, 0.25) is 0 Å². The molecule has 2 fully saturated rings. The molecule has 4 aromatic rings. The van der Waals surface area contributed by atoms with E-state index in [9.17, 15) is 0 Å². The standard InChI is InChI=1S/C24H25N9/c25-7-2-10-33-16-4-5-17(33)12-15(11-16)28-23-18-3-1-8-27-20(18)13-22(29-23)30-24-19-6-9-26-14-21(19)31-32-24/h1,3,6,8-9,13-17H,2,4-5,10-12H2,(H3,28,29,30,31,32). The molecule has 2 unspecified atom stereocenters. The summed E-state index contributed by atoms with van der Waals surface area (Å²) < 4.78 is 0. The summed E-state index contributed by atoms with van der Waals surface area (Å²) >= 11 is 0. The number of nitrogens with zero attached hydrogens (tertiary/aromatic N) is 6. The van der Waals surface area contributed by atoms with Crippen molar-refractivity contribution in [3.05, 3.63) is 42.9 Å². The summed E-state index contributed by atoms with van der Waals surface area (Å²) in [6, 6.07) is 11.6. The fraction of sp³-hybridized carbons (Fsp3) is 0.375. The Balaban J connectivity index is 1.28. The van der Waals surface area contributed by atoms with Crippen LogP contribution in [0, 0.1) is 11.3 Å². The van der Waals surface area contributed by atoms with Crippen molar-refractivity contribution < 1.29 is 0 Å². The molecule has 0 aliphatic carbocycles. The number of nitriles is 1. The molecular formula is C24H25N9. The Morgan fingerprint density at radius 2 is 2.00 bits per heavy atom. The molecule has 6 heterocycles. The highest BCUT2D eigenvalue weighted by atomic mass is 15.2. The highest BCUT2D eigenvalue weighted by Crippen LogP contribution is 2.37. The van der Waals surface area contributed by atoms with E-state index >= 15 is 0 Å². The Kier molecular flexibility index (Phi) is 5.00. The van der Waals surface area contributed by atoms with E-state index in [0.717, 1.165) is 47.0 Å². The van der Waals surface area contributed by atoms with Gasteiger partial charge in [0.15, 0.2) is 5.82 Å². The van der Waals surface area contributed by atoms with Crippen LogP contribution < -0.4 is 10.6 Å². The molecule has 6 rings (SSSR count). The van der Waals surface area contributed by atoms with Crippen molar-refractivity contribution in [1.29, 1.82) is 5.26 Å². The second kappa shape index (κ2) is 8.30. The van der Waals surface area contributed by atoms with Crippen molar-refractivity contribution in [2.45, 2.75) is 50.2 Å². The summed E-state index contributed by atoms with van der Waals surface area (Å²) in [5.74, 6) is 2.26. The number of piperidine rings is 1. The first kappa shape index (κ1) is 19.9. The predicted molar refractivity (Wildman–Crippen MR) is 127 cm³/mol. The summed E-state index contributed by atoms with van der Waals surface area (Å²) in [6.07, 6.45) is 10.5. The van der Waals surface area contributed by atoms with E-state index in [2.05, 4.69) is 47.8 Å². The first-order chi connectivity index (χ1) is 16.3. The van der Waals surface area contributed by atoms with Crippen LogP contribution in [0.3, 0.4) is 0 Å². The van der Waals surface area contributed by atoms with Gasteiger partial charge in [-0.2, -0.15) is 10.4 Å². The second-order valence-electron chi connectivity index (χ2n) is 8.89. The Hall–Kier alpha value is -3.77. The average molecular weight is 440 g/mol. The average Bonchev–Trinajstić information content (AvgIpc) is 3.34. The molecule has 2 atom stereocenters. The molecule has 2 saturated heterocycles. The number of hydrogen-bond acceptors (Lipinski definition) is 8. The Morgan fingerprint density at radius 1 is 1.12 bits per heavy atom. The van der Waals surface area contributed by atoms with Crippen molar-refractivity contribution in [2.75, 3.05) is 17.2 Å². The van der Waals surface area contributed by atoms with E-state index in [1.165, 1.54) is 12.8 Å². The first-order valence-electron chi connectivity index (χ1n) is 11.5. The topological polar surface area (TPSA) is 118 Å². The molecule has 4 aromatic heterocycles. The van der Waals surface area contributed by atoms with Gasteiger partial charge >= 0.3 is 0 Å². The maximum atomic E-state index is 8.99. The van der Waals surface area contributed by atoms with Crippen LogP contribution in [0.4, 0.5) is 17.5 Å². The Labute approximate surface area is 191 Å². The maximum absolute atomic E-state index is 8.99. The van der Waals surface area contributed by atoms with E-state index in [1.54, 1.807) is 18.6 Å². The van der Waals surface area contributed by atoms with E-state index in [4.69, 9.17) is 10.2 Å². The van der Waals surface area contributed by atoms with Crippen LogP contribution >= 0.6 is 0 Å². The molecule has 0 spiro atoms. The number of rotatable bonds is 6. The van der Waals surface area contributed by atoms with Gasteiger partial charge in [-0.05, 0) is 43.9 Å². The fourth-order valence-electron chi connectivity index (χ4n) is 5.46. The number of nitrogens with one attached hydrogen (secondary N) is 3. The van der Waals surface area contributed by atoms with Gasteiger partial charge in [0.1, 0.15) is 11.6 Å². The molecule has 0 aromatic carbocycles. The minimum Gasteiger partial charge on any atom is -0.367 e. The van der Waals surface area contributed by atoms with Gasteiger partial charge in [-0.3, -0.25) is 20.0 Å². The third-order valence-corrected chi connectivity index (χ3v) is 6.92. The van der Waals surface area contributed by atoms with Gasteiger partial charge in [-0.25, -0.2) is 4.98 Å². The number of fused-ring (bicyclic) bond motifs is 4. The molecule has 2 aliphatic rings. The van der Waals surface area contributed by atoms with Crippen molar-refractivity contribution in [3.8, 4) is 6.07 Å². The van der Waals surface area contributed by atoms with Crippen LogP contribution in [-0.4, -0.2) is 54.7 Å². The molecule has 0 amide bonds. The van der Waals surface area contributed by atoms with E-state index < -0.39 is 0 Å². The molecule has 0 saturated carbocycles. The monoisotopic (exact) mass is 439 g/mol. The number of aromatic nitrogens is 5. The lowest BCUT2D eigenvalue weighted by molar-refractivity contribution is 0.136. The quantitative estimate of drug-likeness (QED) is 0.413. The van der Waals surface area contributed by atoms with Crippen molar-refractivity contribution >= 4 is 39.3 Å². The summed E-state index contributed by atoms with van der Waals surface area (Å²) in [7, 11) is 0. The molecular weight excluding hydrogens is 414 g/mol. The van der Waals surface area contributed by atoms with Crippen molar-refractivity contribution in [2.24, 2.45) is 0 Å². The van der Waals surface area contributed by atoms with E-state index in [1.807, 2.05) is 18.2 Å². The van der Waals surface area contributed by atoms with Crippen LogP contribution in [-0.2, 0) is 0 Å². The zero-order chi connectivity index (χ0) is 22.2. The highest BCUT2D eigenvalue weighted by molar-refractivity contribution is 5.94. The van der Waals surface area contributed by atoms with Crippen LogP contribution in [0.15, 0.2) is 42.9 Å². The third kappa shape index (κ3) is 3.72. The first-order valence-corrected chi connectivity index (χ1v) is 11.5. The zero-order valence-corrected chi connectivity index (χ0v) is 18.2. The minimum absolute atomic E-state index is 0.351. The van der Waals surface area contributed by atoms with Gasteiger partial charge in [0.05, 0.1) is 23.3 Å². The number of anilines is 3. The lowest BCUT2D eigenvalue weighted by Crippen LogP contribution is -2.47. The number of hydrogen-bond donors (Lipinski definition) is 3. The molecule has 2 bridgehead atoms. The summed E-state index contributed by atoms with van der Waals surface area (Å²) in [5.41, 5.74) is 1.75. The highest BCUT2D eigenvalue weighted by Gasteiger charge is 2.40. The molecule has 33 heavy (non-hydrogen) atoms.